The standard InChI is InChI=1S/C34H40N2O3.C18H19NO3.C16H18ClN3O.C16H21N3O2S/c1-2-39-23-9-20-35-34(38)32-26-30(25-31(37)16-14-27-10-5-3-6-11-27)15-17-33(32)36-21-18-29(19-22-36)24-28-12-7-4-8-13-28;1-13-7-9-15(10-8-13)17(20)11-16(18(21)22)19-12-14-5-3-2-4-6-14;1-2-14-12(16(21)19-9-5-6-10-19)11-18-20(14)15-8-4-3-7-13(15)17;1-12-4-3-5-13(10-12)19-14(20)11-22-16(19)6-8-18(9-7-16)15(21)17-2/h3-8,10-17,26,29H,2,9,18-25H2,1H3,(H,35,38);2-10,16,19H,11-12H2,1H3,(H,21,22);3-4,7-8,11H,2,5-6,9-10H2,1H3;3-5,10H,6-9,11H2,1-2H3,(H,17,21)/b16-14+;;;. The maximum absolute atomic E-state index is 13.3. The molecule has 104 heavy (non-hydrogen) atoms. The molecule has 1 unspecified atom stereocenters. The Bertz CT molecular complexity index is 4150. The second-order valence-corrected chi connectivity index (χ2v) is 28.2. The van der Waals surface area contributed by atoms with E-state index in [4.69, 9.17) is 16.3 Å². The highest BCUT2D eigenvalue weighted by Gasteiger charge is 2.49. The fraction of sp³-hybridized carbons (Fsp3) is 0.357. The molecule has 12 rings (SSSR count). The molecule has 0 saturated carbocycles. The van der Waals surface area contributed by atoms with Crippen molar-refractivity contribution < 1.29 is 43.4 Å². The fourth-order valence-corrected chi connectivity index (χ4v) is 14.9. The number of ether oxygens (including phenoxy) is 1. The summed E-state index contributed by atoms with van der Waals surface area (Å²) in [5.41, 5.74) is 12.0. The Balaban J connectivity index is 0.000000168. The minimum atomic E-state index is -1.02. The molecule has 4 saturated heterocycles. The Hall–Kier alpha value is -9.66. The molecule has 4 fully saturated rings. The molecule has 1 aromatic heterocycles. The van der Waals surface area contributed by atoms with Crippen molar-refractivity contribution in [3.8, 4) is 5.69 Å². The van der Waals surface area contributed by atoms with Gasteiger partial charge < -0.3 is 35.2 Å². The van der Waals surface area contributed by atoms with E-state index in [9.17, 15) is 38.7 Å². The lowest BCUT2D eigenvalue weighted by Gasteiger charge is -2.43. The molecule has 546 valence electrons. The highest BCUT2D eigenvalue weighted by Crippen LogP contribution is 2.47. The van der Waals surface area contributed by atoms with Crippen LogP contribution in [0.5, 0.6) is 0 Å². The normalized spacial score (nSPS) is 15.1. The molecule has 1 spiro atoms. The zero-order valence-corrected chi connectivity index (χ0v) is 62.0. The number of piperidine rings is 2. The molecule has 20 heteroatoms. The number of benzene rings is 7. The highest BCUT2D eigenvalue weighted by molar-refractivity contribution is 8.02. The molecule has 0 aliphatic carbocycles. The van der Waals surface area contributed by atoms with Gasteiger partial charge in [0.15, 0.2) is 11.6 Å². The van der Waals surface area contributed by atoms with Crippen molar-refractivity contribution >= 4 is 82.1 Å². The molecule has 4 aliphatic rings. The summed E-state index contributed by atoms with van der Waals surface area (Å²) in [4.78, 5) is 94.1. The number of carboxylic acids is 1. The smallest absolute Gasteiger partial charge is 0.321 e. The molecule has 18 nitrogen and oxygen atoms in total. The Kier molecular flexibility index (Phi) is 30.1. The van der Waals surface area contributed by atoms with Gasteiger partial charge in [-0.05, 0) is 155 Å². The number of halogens is 1. The lowest BCUT2D eigenvalue weighted by atomic mass is 9.89. The number of carbonyl (C=O) groups is 7. The maximum atomic E-state index is 13.3. The van der Waals surface area contributed by atoms with Crippen LogP contribution in [0.3, 0.4) is 0 Å². The summed E-state index contributed by atoms with van der Waals surface area (Å²) in [5, 5.41) is 23.0. The number of aromatic nitrogens is 2. The number of hydrogen-bond donors (Lipinski definition) is 4. The van der Waals surface area contributed by atoms with Gasteiger partial charge >= 0.3 is 12.0 Å². The van der Waals surface area contributed by atoms with Crippen molar-refractivity contribution in [1.82, 2.24) is 35.5 Å². The molecule has 5 heterocycles. The topological polar surface area (TPSA) is 216 Å². The van der Waals surface area contributed by atoms with Gasteiger partial charge in [-0.2, -0.15) is 5.10 Å². The Morgan fingerprint density at radius 2 is 1.38 bits per heavy atom. The number of nitrogens with one attached hydrogen (secondary N) is 3. The number of urea groups is 1. The number of aliphatic carboxylic acids is 1. The summed E-state index contributed by atoms with van der Waals surface area (Å²) in [6, 6.07) is 57.8. The van der Waals surface area contributed by atoms with E-state index in [1.807, 2.05) is 182 Å². The number of allylic oxidation sites excluding steroid dienone is 1. The predicted molar refractivity (Wildman–Crippen MR) is 416 cm³/mol. The molecule has 0 bridgehead atoms. The van der Waals surface area contributed by atoms with E-state index in [2.05, 4.69) is 62.3 Å². The number of hydrogen-bond acceptors (Lipinski definition) is 12. The van der Waals surface area contributed by atoms with Gasteiger partial charge in [0.1, 0.15) is 6.04 Å². The van der Waals surface area contributed by atoms with Crippen molar-refractivity contribution in [2.75, 3.05) is 81.6 Å². The molecular weight excluding hydrogens is 1350 g/mol. The summed E-state index contributed by atoms with van der Waals surface area (Å²) < 4.78 is 7.19. The minimum Gasteiger partial charge on any atom is -0.480 e. The summed E-state index contributed by atoms with van der Waals surface area (Å²) in [5.74, 6) is 0.149. The number of carbonyl (C=O) groups excluding carboxylic acids is 6. The summed E-state index contributed by atoms with van der Waals surface area (Å²) in [6.45, 7) is 15.1. The fourth-order valence-electron chi connectivity index (χ4n) is 13.3. The van der Waals surface area contributed by atoms with E-state index in [1.54, 1.807) is 47.9 Å². The van der Waals surface area contributed by atoms with Crippen LogP contribution in [0.15, 0.2) is 194 Å². The predicted octanol–water partition coefficient (Wildman–Crippen LogP) is 14.5. The molecule has 4 N–H and O–H groups in total. The number of Topliss-reactive ketones (excluding diaryl/α,β-unsaturated/α-hetero) is 1. The van der Waals surface area contributed by atoms with Crippen LogP contribution >= 0.6 is 23.4 Å². The van der Waals surface area contributed by atoms with Crippen LogP contribution in [-0.2, 0) is 44.9 Å². The number of ketones is 2. The molecular formula is C84H98ClN9O9S. The monoisotopic (exact) mass is 1440 g/mol. The zero-order valence-electron chi connectivity index (χ0n) is 60.4. The number of amides is 5. The van der Waals surface area contributed by atoms with Gasteiger partial charge in [0, 0.05) is 102 Å². The molecule has 4 aliphatic heterocycles. The summed E-state index contributed by atoms with van der Waals surface area (Å²) in [7, 11) is 1.65. The lowest BCUT2D eigenvalue weighted by molar-refractivity contribution is -0.139. The SMILES string of the molecule is CCOCCCNC(=O)c1cc(CC(=O)/C=C/c2ccccc2)ccc1N1CCC(Cc2ccccc2)CC1.CCc1c(C(=O)N2CCCC2)cnn1-c1ccccc1Cl.CNC(=O)N1CCC2(CC1)SCC(=O)N2c1cccc(C)c1.Cc1ccc(C(=O)CC(NCc2ccccc2)C(=O)O)cc1. The third-order valence-corrected chi connectivity index (χ3v) is 20.9. The number of carboxylic acid groups (broad SMARTS) is 1. The Morgan fingerprint density at radius 1 is 0.712 bits per heavy atom. The van der Waals surface area contributed by atoms with Gasteiger partial charge in [0.05, 0.1) is 44.4 Å². The maximum Gasteiger partial charge on any atom is 0.321 e. The molecule has 8 aromatic rings. The van der Waals surface area contributed by atoms with Crippen LogP contribution in [-0.4, -0.2) is 149 Å². The Morgan fingerprint density at radius 3 is 2.02 bits per heavy atom. The van der Waals surface area contributed by atoms with Crippen LogP contribution in [0.4, 0.5) is 16.2 Å². The number of anilines is 2. The third-order valence-electron chi connectivity index (χ3n) is 19.0. The zero-order chi connectivity index (χ0) is 73.8. The van der Waals surface area contributed by atoms with E-state index in [-0.39, 0.29) is 53.0 Å². The number of thioether (sulfide) groups is 1. The van der Waals surface area contributed by atoms with Gasteiger partial charge in [-0.25, -0.2) is 9.48 Å². The second-order valence-electron chi connectivity index (χ2n) is 26.5. The van der Waals surface area contributed by atoms with E-state index in [0.717, 1.165) is 135 Å². The van der Waals surface area contributed by atoms with Crippen molar-refractivity contribution in [1.29, 1.82) is 0 Å². The molecule has 0 radical (unpaired) electrons. The van der Waals surface area contributed by atoms with Crippen molar-refractivity contribution in [3.63, 3.8) is 0 Å². The number of aryl methyl sites for hydroxylation is 2. The quantitative estimate of drug-likeness (QED) is 0.0252. The van der Waals surface area contributed by atoms with E-state index >= 15 is 0 Å². The first-order valence-corrected chi connectivity index (χ1v) is 37.6. The van der Waals surface area contributed by atoms with Crippen LogP contribution in [0.2, 0.25) is 5.02 Å². The minimum absolute atomic E-state index is 0.0106. The third kappa shape index (κ3) is 22.4. The summed E-state index contributed by atoms with van der Waals surface area (Å²) in [6.07, 6.45) is 13.9. The van der Waals surface area contributed by atoms with Gasteiger partial charge in [-0.3, -0.25) is 39.0 Å². The average molecular weight is 1450 g/mol. The van der Waals surface area contributed by atoms with E-state index in [1.165, 1.54) is 5.56 Å². The van der Waals surface area contributed by atoms with E-state index < -0.39 is 12.0 Å². The largest absolute Gasteiger partial charge is 0.480 e. The van der Waals surface area contributed by atoms with Crippen LogP contribution in [0, 0.1) is 19.8 Å². The van der Waals surface area contributed by atoms with Gasteiger partial charge in [0.2, 0.25) is 5.91 Å². The number of likely N-dealkylation sites (tertiary alicyclic amines) is 2. The number of rotatable bonds is 24. The summed E-state index contributed by atoms with van der Waals surface area (Å²) >= 11 is 7.97. The molecule has 7 aromatic carbocycles. The second kappa shape index (κ2) is 39.8. The molecule has 5 amide bonds. The van der Waals surface area contributed by atoms with Gasteiger partial charge in [0.25, 0.3) is 11.8 Å². The van der Waals surface area contributed by atoms with Crippen LogP contribution in [0.25, 0.3) is 11.8 Å². The van der Waals surface area contributed by atoms with E-state index in [0.29, 0.717) is 72.8 Å². The first-order chi connectivity index (χ1) is 50.5. The lowest BCUT2D eigenvalue weighted by Crippen LogP contribution is -2.54. The van der Waals surface area contributed by atoms with Crippen LogP contribution in [0.1, 0.15) is 135 Å². The van der Waals surface area contributed by atoms with Gasteiger partial charge in [-0.15, -0.1) is 11.8 Å². The first kappa shape index (κ1) is 78.5. The van der Waals surface area contributed by atoms with Crippen molar-refractivity contribution in [3.05, 3.63) is 255 Å². The average Bonchev–Trinajstić information content (AvgIpc) is 1.59. The first-order valence-electron chi connectivity index (χ1n) is 36.2. The number of nitrogens with zero attached hydrogens (tertiary/aromatic N) is 6. The molecule has 1 atom stereocenters. The Labute approximate surface area is 621 Å². The van der Waals surface area contributed by atoms with Crippen LogP contribution < -0.4 is 25.8 Å². The van der Waals surface area contributed by atoms with Gasteiger partial charge in [-0.1, -0.05) is 176 Å². The number of para-hydroxylation sites is 1. The highest BCUT2D eigenvalue weighted by atomic mass is 35.5. The van der Waals surface area contributed by atoms with Crippen molar-refractivity contribution in [2.45, 2.75) is 116 Å². The van der Waals surface area contributed by atoms with Crippen molar-refractivity contribution in [2.24, 2.45) is 5.92 Å².